The number of ether oxygens (including phenoxy) is 2. The number of carbonyl (C=O) groups is 1. The van der Waals surface area contributed by atoms with E-state index in [1.807, 2.05) is 36.5 Å². The van der Waals surface area contributed by atoms with Crippen molar-refractivity contribution in [3.05, 3.63) is 59.8 Å². The average Bonchev–Trinajstić information content (AvgIpc) is 2.96. The Morgan fingerprint density at radius 2 is 1.96 bits per heavy atom. The van der Waals surface area contributed by atoms with Crippen LogP contribution in [0.1, 0.15) is 15.9 Å². The average molecular weight is 310 g/mol. The summed E-state index contributed by atoms with van der Waals surface area (Å²) in [5.74, 6) is 0.271. The molecule has 0 saturated heterocycles. The molecule has 5 nitrogen and oxygen atoms in total. The molecule has 0 radical (unpaired) electrons. The van der Waals surface area contributed by atoms with Crippen LogP contribution in [-0.4, -0.2) is 24.8 Å². The summed E-state index contributed by atoms with van der Waals surface area (Å²) in [5.41, 5.74) is 9.11. The second-order valence-electron chi connectivity index (χ2n) is 5.28. The third kappa shape index (κ3) is 2.85. The number of benzene rings is 2. The number of esters is 1. The minimum atomic E-state index is -0.381. The van der Waals surface area contributed by atoms with Crippen molar-refractivity contribution in [1.82, 2.24) is 4.57 Å². The number of nitrogens with two attached hydrogens (primary N) is 1. The highest BCUT2D eigenvalue weighted by Gasteiger charge is 2.11. The number of hydrogen-bond donors (Lipinski definition) is 1. The van der Waals surface area contributed by atoms with Crippen molar-refractivity contribution in [1.29, 1.82) is 0 Å². The fraction of sp³-hybridized carbons (Fsp3) is 0.167. The van der Waals surface area contributed by atoms with Crippen molar-refractivity contribution in [2.24, 2.45) is 0 Å². The van der Waals surface area contributed by atoms with Crippen LogP contribution < -0.4 is 10.5 Å². The zero-order chi connectivity index (χ0) is 16.4. The molecular formula is C18H18N2O3. The molecule has 0 spiro atoms. The van der Waals surface area contributed by atoms with Crippen LogP contribution in [0.3, 0.4) is 0 Å². The van der Waals surface area contributed by atoms with Crippen molar-refractivity contribution in [2.45, 2.75) is 6.54 Å². The van der Waals surface area contributed by atoms with Crippen LogP contribution in [-0.2, 0) is 11.3 Å². The van der Waals surface area contributed by atoms with Gasteiger partial charge in [0.2, 0.25) is 0 Å². The Bertz CT molecular complexity index is 868. The topological polar surface area (TPSA) is 66.5 Å². The first-order chi connectivity index (χ1) is 11.1. The van der Waals surface area contributed by atoms with Gasteiger partial charge in [-0.1, -0.05) is 12.1 Å². The van der Waals surface area contributed by atoms with Crippen LogP contribution in [0.15, 0.2) is 48.7 Å². The van der Waals surface area contributed by atoms with Crippen LogP contribution in [0.25, 0.3) is 10.9 Å². The normalized spacial score (nSPS) is 10.7. The lowest BCUT2D eigenvalue weighted by molar-refractivity contribution is 0.0600. The molecule has 118 valence electrons. The number of anilines is 1. The van der Waals surface area contributed by atoms with E-state index in [9.17, 15) is 4.79 Å². The quantitative estimate of drug-likeness (QED) is 0.594. The molecule has 3 rings (SSSR count). The summed E-state index contributed by atoms with van der Waals surface area (Å²) < 4.78 is 12.3. The third-order valence-electron chi connectivity index (χ3n) is 3.85. The van der Waals surface area contributed by atoms with E-state index in [1.54, 1.807) is 19.2 Å². The number of fused-ring (bicyclic) bond motifs is 1. The second kappa shape index (κ2) is 6.04. The lowest BCUT2D eigenvalue weighted by Gasteiger charge is -2.12. The smallest absolute Gasteiger partial charge is 0.337 e. The van der Waals surface area contributed by atoms with E-state index in [1.165, 1.54) is 7.11 Å². The van der Waals surface area contributed by atoms with Gasteiger partial charge in [-0.25, -0.2) is 4.79 Å². The van der Waals surface area contributed by atoms with E-state index >= 15 is 0 Å². The number of carbonyl (C=O) groups excluding carboxylic acids is 1. The van der Waals surface area contributed by atoms with Crippen molar-refractivity contribution in [3.8, 4) is 5.75 Å². The monoisotopic (exact) mass is 310 g/mol. The molecule has 0 bridgehead atoms. The van der Waals surface area contributed by atoms with Crippen LogP contribution in [0.5, 0.6) is 5.75 Å². The van der Waals surface area contributed by atoms with Crippen LogP contribution in [0, 0.1) is 0 Å². The second-order valence-corrected chi connectivity index (χ2v) is 5.28. The van der Waals surface area contributed by atoms with Gasteiger partial charge in [-0.3, -0.25) is 0 Å². The molecule has 0 aliphatic carbocycles. The number of hydrogen-bond acceptors (Lipinski definition) is 4. The Labute approximate surface area is 134 Å². The van der Waals surface area contributed by atoms with Gasteiger partial charge in [-0.15, -0.1) is 0 Å². The zero-order valence-corrected chi connectivity index (χ0v) is 13.1. The summed E-state index contributed by atoms with van der Waals surface area (Å²) in [4.78, 5) is 11.6. The summed E-state index contributed by atoms with van der Waals surface area (Å²) in [6, 6.07) is 13.2. The highest BCUT2D eigenvalue weighted by molar-refractivity contribution is 5.90. The molecule has 0 unspecified atom stereocenters. The fourth-order valence-electron chi connectivity index (χ4n) is 2.64. The van der Waals surface area contributed by atoms with Crippen LogP contribution >= 0.6 is 0 Å². The molecular weight excluding hydrogens is 292 g/mol. The highest BCUT2D eigenvalue weighted by atomic mass is 16.5. The summed E-state index contributed by atoms with van der Waals surface area (Å²) in [6.45, 7) is 0.623. The number of methoxy groups -OCH3 is 2. The van der Waals surface area contributed by atoms with Crippen molar-refractivity contribution < 1.29 is 14.3 Å². The zero-order valence-electron chi connectivity index (χ0n) is 13.1. The van der Waals surface area contributed by atoms with E-state index in [4.69, 9.17) is 15.2 Å². The first-order valence-corrected chi connectivity index (χ1v) is 7.22. The molecule has 0 fully saturated rings. The van der Waals surface area contributed by atoms with Gasteiger partial charge in [0.1, 0.15) is 5.75 Å². The molecule has 0 aliphatic rings. The molecule has 2 N–H and O–H groups in total. The van der Waals surface area contributed by atoms with Gasteiger partial charge in [0, 0.05) is 17.4 Å². The van der Waals surface area contributed by atoms with Gasteiger partial charge in [0.25, 0.3) is 0 Å². The van der Waals surface area contributed by atoms with E-state index in [2.05, 4.69) is 4.57 Å². The van der Waals surface area contributed by atoms with Crippen molar-refractivity contribution >= 4 is 22.6 Å². The molecule has 2 aromatic carbocycles. The largest absolute Gasteiger partial charge is 0.496 e. The Hall–Kier alpha value is -2.95. The maximum Gasteiger partial charge on any atom is 0.337 e. The van der Waals surface area contributed by atoms with E-state index in [0.717, 1.165) is 22.2 Å². The molecule has 0 aliphatic heterocycles. The number of nitrogens with zero attached hydrogens (tertiary/aromatic N) is 1. The molecule has 0 atom stereocenters. The van der Waals surface area contributed by atoms with Gasteiger partial charge < -0.3 is 19.8 Å². The first-order valence-electron chi connectivity index (χ1n) is 7.22. The van der Waals surface area contributed by atoms with E-state index in [-0.39, 0.29) is 5.97 Å². The third-order valence-corrected chi connectivity index (χ3v) is 3.85. The summed E-state index contributed by atoms with van der Waals surface area (Å²) in [6.07, 6.45) is 2.01. The number of nitrogen functional groups attached to an aromatic ring is 1. The van der Waals surface area contributed by atoms with Crippen molar-refractivity contribution in [3.63, 3.8) is 0 Å². The predicted molar refractivity (Wildman–Crippen MR) is 89.8 cm³/mol. The summed E-state index contributed by atoms with van der Waals surface area (Å²) in [5, 5.41) is 1.13. The predicted octanol–water partition coefficient (Wildman–Crippen LogP) is 3.07. The maximum atomic E-state index is 11.6. The summed E-state index contributed by atoms with van der Waals surface area (Å²) in [7, 11) is 2.95. The molecule has 1 heterocycles. The SMILES string of the molecule is COC(=O)c1ccc(Cn2ccc3ccc(N)cc32)c(OC)c1. The Kier molecular flexibility index (Phi) is 3.93. The molecule has 23 heavy (non-hydrogen) atoms. The number of rotatable bonds is 4. The molecule has 1 aromatic heterocycles. The maximum absolute atomic E-state index is 11.6. The summed E-state index contributed by atoms with van der Waals surface area (Å²) >= 11 is 0. The highest BCUT2D eigenvalue weighted by Crippen LogP contribution is 2.25. The van der Waals surface area contributed by atoms with E-state index in [0.29, 0.717) is 17.9 Å². The van der Waals surface area contributed by atoms with Gasteiger partial charge in [-0.2, -0.15) is 0 Å². The number of aromatic nitrogens is 1. The van der Waals surface area contributed by atoms with Gasteiger partial charge in [0.05, 0.1) is 31.8 Å². The molecule has 3 aromatic rings. The lowest BCUT2D eigenvalue weighted by Crippen LogP contribution is -2.05. The Morgan fingerprint density at radius 3 is 2.70 bits per heavy atom. The van der Waals surface area contributed by atoms with Crippen molar-refractivity contribution in [2.75, 3.05) is 20.0 Å². The molecule has 0 amide bonds. The Morgan fingerprint density at radius 1 is 1.13 bits per heavy atom. The standard InChI is InChI=1S/C18H18N2O3/c1-22-17-9-13(18(21)23-2)3-4-14(17)11-20-8-7-12-5-6-15(19)10-16(12)20/h3-10H,11,19H2,1-2H3. The van der Waals surface area contributed by atoms with Crippen LogP contribution in [0.4, 0.5) is 5.69 Å². The minimum absolute atomic E-state index is 0.381. The van der Waals surface area contributed by atoms with Crippen LogP contribution in [0.2, 0.25) is 0 Å². The lowest BCUT2D eigenvalue weighted by atomic mass is 10.1. The van der Waals surface area contributed by atoms with Gasteiger partial charge in [0.15, 0.2) is 0 Å². The van der Waals surface area contributed by atoms with Gasteiger partial charge >= 0.3 is 5.97 Å². The molecule has 5 heteroatoms. The minimum Gasteiger partial charge on any atom is -0.496 e. The van der Waals surface area contributed by atoms with E-state index < -0.39 is 0 Å². The Balaban J connectivity index is 1.98. The van der Waals surface area contributed by atoms with Gasteiger partial charge in [-0.05, 0) is 35.7 Å². The first kappa shape index (κ1) is 15.0. The molecule has 0 saturated carbocycles. The fourth-order valence-corrected chi connectivity index (χ4v) is 2.64.